The van der Waals surface area contributed by atoms with Gasteiger partial charge in [-0.1, -0.05) is 28.9 Å². The number of amides is 1. The maximum Gasteiger partial charge on any atom is 0.308 e. The number of aromatic nitrogens is 2. The van der Waals surface area contributed by atoms with Crippen molar-refractivity contribution in [1.82, 2.24) is 15.5 Å². The zero-order valence-electron chi connectivity index (χ0n) is 17.8. The number of carbonyl (C=O) groups excluding carboxylic acids is 2. The quantitative estimate of drug-likeness (QED) is 0.456. The summed E-state index contributed by atoms with van der Waals surface area (Å²) in [6.45, 7) is 2.00. The number of hydrogen-bond donors (Lipinski definition) is 1. The Morgan fingerprint density at radius 2 is 1.97 bits per heavy atom. The summed E-state index contributed by atoms with van der Waals surface area (Å²) in [7, 11) is 1.56. The van der Waals surface area contributed by atoms with E-state index in [-0.39, 0.29) is 31.8 Å². The van der Waals surface area contributed by atoms with E-state index in [4.69, 9.17) is 25.6 Å². The molecule has 8 nitrogen and oxygen atoms in total. The van der Waals surface area contributed by atoms with E-state index in [9.17, 15) is 9.59 Å². The monoisotopic (exact) mass is 457 g/mol. The molecule has 0 bridgehead atoms. The number of ether oxygens (including phenoxy) is 2. The van der Waals surface area contributed by atoms with Gasteiger partial charge >= 0.3 is 5.97 Å². The van der Waals surface area contributed by atoms with E-state index in [0.29, 0.717) is 22.5 Å². The van der Waals surface area contributed by atoms with Gasteiger partial charge in [-0.2, -0.15) is 4.98 Å². The van der Waals surface area contributed by atoms with Gasteiger partial charge in [0.2, 0.25) is 17.6 Å². The van der Waals surface area contributed by atoms with Crippen molar-refractivity contribution in [3.63, 3.8) is 0 Å². The molecule has 1 heterocycles. The molecule has 0 aliphatic heterocycles. The van der Waals surface area contributed by atoms with Gasteiger partial charge in [0, 0.05) is 23.4 Å². The predicted octanol–water partition coefficient (Wildman–Crippen LogP) is 4.14. The third-order valence-electron chi connectivity index (χ3n) is 4.64. The Labute approximate surface area is 190 Å². The van der Waals surface area contributed by atoms with Crippen LogP contribution in [0.15, 0.2) is 53.1 Å². The number of halogens is 1. The molecular weight excluding hydrogens is 434 g/mol. The fourth-order valence-corrected chi connectivity index (χ4v) is 3.18. The smallest absolute Gasteiger partial charge is 0.308 e. The van der Waals surface area contributed by atoms with E-state index in [2.05, 4.69) is 15.5 Å². The summed E-state index contributed by atoms with van der Waals surface area (Å²) in [5.74, 6) is 0.742. The van der Waals surface area contributed by atoms with Crippen LogP contribution in [0, 0.1) is 0 Å². The first kappa shape index (κ1) is 23.3. The number of hydrogen-bond acceptors (Lipinski definition) is 7. The van der Waals surface area contributed by atoms with E-state index < -0.39 is 12.0 Å². The van der Waals surface area contributed by atoms with Gasteiger partial charge in [-0.3, -0.25) is 9.59 Å². The maximum absolute atomic E-state index is 12.6. The molecule has 0 aliphatic rings. The van der Waals surface area contributed by atoms with Crippen molar-refractivity contribution >= 4 is 23.5 Å². The van der Waals surface area contributed by atoms with Gasteiger partial charge in [-0.05, 0) is 48.9 Å². The number of carbonyl (C=O) groups is 2. The molecule has 0 spiro atoms. The number of rotatable bonds is 10. The van der Waals surface area contributed by atoms with E-state index >= 15 is 0 Å². The molecule has 1 aromatic heterocycles. The lowest BCUT2D eigenvalue weighted by Gasteiger charge is -2.19. The highest BCUT2D eigenvalue weighted by Crippen LogP contribution is 2.23. The first-order valence-electron chi connectivity index (χ1n) is 10.2. The minimum Gasteiger partial charge on any atom is -0.497 e. The largest absolute Gasteiger partial charge is 0.497 e. The molecule has 0 saturated carbocycles. The highest BCUT2D eigenvalue weighted by atomic mass is 35.5. The third kappa shape index (κ3) is 6.55. The molecule has 3 aromatic rings. The van der Waals surface area contributed by atoms with Crippen LogP contribution in [0.3, 0.4) is 0 Å². The van der Waals surface area contributed by atoms with Crippen molar-refractivity contribution in [3.05, 3.63) is 65.0 Å². The average Bonchev–Trinajstić information content (AvgIpc) is 3.27. The fourth-order valence-electron chi connectivity index (χ4n) is 3.06. The Balaban J connectivity index is 1.63. The van der Waals surface area contributed by atoms with E-state index in [0.717, 1.165) is 11.1 Å². The first-order valence-corrected chi connectivity index (χ1v) is 10.5. The molecule has 0 radical (unpaired) electrons. The molecule has 1 N–H and O–H groups in total. The topological polar surface area (TPSA) is 104 Å². The van der Waals surface area contributed by atoms with E-state index in [1.165, 1.54) is 0 Å². The summed E-state index contributed by atoms with van der Waals surface area (Å²) in [4.78, 5) is 29.0. The zero-order valence-corrected chi connectivity index (χ0v) is 18.6. The number of methoxy groups -OCH3 is 1. The predicted molar refractivity (Wildman–Crippen MR) is 118 cm³/mol. The van der Waals surface area contributed by atoms with E-state index in [1.807, 2.05) is 6.07 Å². The van der Waals surface area contributed by atoms with Crippen LogP contribution in [-0.4, -0.2) is 35.7 Å². The second-order valence-electron chi connectivity index (χ2n) is 6.92. The number of esters is 1. The lowest BCUT2D eigenvalue weighted by Crippen LogP contribution is -2.30. The Morgan fingerprint density at radius 3 is 2.69 bits per heavy atom. The molecule has 1 amide bonds. The van der Waals surface area contributed by atoms with Crippen LogP contribution in [0.4, 0.5) is 0 Å². The molecule has 32 heavy (non-hydrogen) atoms. The SMILES string of the molecule is CCOC(=O)CC(NC(=O)CCc1nc(-c2ccc(Cl)cc2)no1)c1cccc(OC)c1. The molecule has 9 heteroatoms. The molecule has 2 aromatic carbocycles. The second-order valence-corrected chi connectivity index (χ2v) is 7.36. The van der Waals surface area contributed by atoms with Crippen molar-refractivity contribution in [2.75, 3.05) is 13.7 Å². The molecule has 0 saturated heterocycles. The van der Waals surface area contributed by atoms with Crippen LogP contribution in [-0.2, 0) is 20.7 Å². The molecule has 0 aliphatic carbocycles. The minimum atomic E-state index is -0.552. The van der Waals surface area contributed by atoms with Crippen molar-refractivity contribution in [1.29, 1.82) is 0 Å². The first-order chi connectivity index (χ1) is 15.5. The van der Waals surface area contributed by atoms with Gasteiger partial charge in [-0.25, -0.2) is 0 Å². The van der Waals surface area contributed by atoms with Gasteiger partial charge in [0.25, 0.3) is 0 Å². The summed E-state index contributed by atoms with van der Waals surface area (Å²) in [5.41, 5.74) is 1.51. The summed E-state index contributed by atoms with van der Waals surface area (Å²) in [5, 5.41) is 7.45. The summed E-state index contributed by atoms with van der Waals surface area (Å²) in [6.07, 6.45) is 0.385. The van der Waals surface area contributed by atoms with Gasteiger partial charge in [0.05, 0.1) is 26.2 Å². The van der Waals surface area contributed by atoms with Crippen LogP contribution in [0.5, 0.6) is 5.75 Å². The van der Waals surface area contributed by atoms with Crippen molar-refractivity contribution in [2.45, 2.75) is 32.2 Å². The van der Waals surface area contributed by atoms with Crippen molar-refractivity contribution in [3.8, 4) is 17.1 Å². The van der Waals surface area contributed by atoms with Crippen LogP contribution >= 0.6 is 11.6 Å². The Bertz CT molecular complexity index is 1050. The van der Waals surface area contributed by atoms with Crippen LogP contribution in [0.25, 0.3) is 11.4 Å². The Kier molecular flexibility index (Phi) is 8.21. The molecular formula is C23H24ClN3O5. The standard InChI is InChI=1S/C23H24ClN3O5/c1-3-31-22(29)14-19(16-5-4-6-18(13-16)30-2)25-20(28)11-12-21-26-23(27-32-21)15-7-9-17(24)10-8-15/h4-10,13,19H,3,11-12,14H2,1-2H3,(H,25,28). The maximum atomic E-state index is 12.6. The van der Waals surface area contributed by atoms with Crippen LogP contribution in [0.2, 0.25) is 5.02 Å². The summed E-state index contributed by atoms with van der Waals surface area (Å²) >= 11 is 5.90. The highest BCUT2D eigenvalue weighted by Gasteiger charge is 2.20. The zero-order chi connectivity index (χ0) is 22.9. The van der Waals surface area contributed by atoms with Gasteiger partial charge < -0.3 is 19.3 Å². The van der Waals surface area contributed by atoms with Crippen molar-refractivity contribution in [2.24, 2.45) is 0 Å². The molecule has 168 valence electrons. The van der Waals surface area contributed by atoms with Crippen molar-refractivity contribution < 1.29 is 23.6 Å². The lowest BCUT2D eigenvalue weighted by molar-refractivity contribution is -0.143. The number of benzene rings is 2. The fraction of sp³-hybridized carbons (Fsp3) is 0.304. The Morgan fingerprint density at radius 1 is 1.19 bits per heavy atom. The van der Waals surface area contributed by atoms with Crippen LogP contribution < -0.4 is 10.1 Å². The molecule has 1 unspecified atom stereocenters. The van der Waals surface area contributed by atoms with Gasteiger partial charge in [0.1, 0.15) is 5.75 Å². The Hall–Kier alpha value is -3.39. The second kappa shape index (κ2) is 11.3. The molecule has 0 fully saturated rings. The number of nitrogens with one attached hydrogen (secondary N) is 1. The summed E-state index contributed by atoms with van der Waals surface area (Å²) < 4.78 is 15.6. The normalized spacial score (nSPS) is 11.6. The average molecular weight is 458 g/mol. The van der Waals surface area contributed by atoms with Crippen LogP contribution in [0.1, 0.15) is 37.3 Å². The lowest BCUT2D eigenvalue weighted by atomic mass is 10.0. The van der Waals surface area contributed by atoms with Gasteiger partial charge in [0.15, 0.2) is 0 Å². The number of nitrogens with zero attached hydrogens (tertiary/aromatic N) is 2. The highest BCUT2D eigenvalue weighted by molar-refractivity contribution is 6.30. The summed E-state index contributed by atoms with van der Waals surface area (Å²) in [6, 6.07) is 13.7. The van der Waals surface area contributed by atoms with Gasteiger partial charge in [-0.15, -0.1) is 0 Å². The molecule has 3 rings (SSSR count). The third-order valence-corrected chi connectivity index (χ3v) is 4.90. The minimum absolute atomic E-state index is 0.00796. The molecule has 1 atom stereocenters. The van der Waals surface area contributed by atoms with E-state index in [1.54, 1.807) is 56.5 Å². The number of aryl methyl sites for hydroxylation is 1.